The van der Waals surface area contributed by atoms with Crippen LogP contribution in [0.25, 0.3) is 0 Å². The third-order valence-electron chi connectivity index (χ3n) is 4.73. The number of benzene rings is 2. The summed E-state index contributed by atoms with van der Waals surface area (Å²) in [7, 11) is 1.51. The van der Waals surface area contributed by atoms with Crippen LogP contribution in [0.4, 0.5) is 0 Å². The van der Waals surface area contributed by atoms with Crippen molar-refractivity contribution in [3.63, 3.8) is 0 Å². The van der Waals surface area contributed by atoms with Gasteiger partial charge in [-0.25, -0.2) is 0 Å². The Hall–Kier alpha value is -3.53. The molecule has 0 aliphatic rings. The number of rotatable bonds is 10. The average Bonchev–Trinajstić information content (AvgIpc) is 3.26. The maximum Gasteiger partial charge on any atom is 0.270 e. The lowest BCUT2D eigenvalue weighted by molar-refractivity contribution is 0.0845. The molecule has 0 saturated heterocycles. The predicted molar refractivity (Wildman–Crippen MR) is 128 cm³/mol. The molecule has 2 amide bonds. The summed E-state index contributed by atoms with van der Waals surface area (Å²) < 4.78 is 16.1. The van der Waals surface area contributed by atoms with Crippen LogP contribution in [0.2, 0.25) is 0 Å². The van der Waals surface area contributed by atoms with Crippen molar-refractivity contribution in [2.75, 3.05) is 13.7 Å². The van der Waals surface area contributed by atoms with Gasteiger partial charge in [0.05, 0.1) is 25.0 Å². The summed E-state index contributed by atoms with van der Waals surface area (Å²) in [6.45, 7) is 6.51. The van der Waals surface area contributed by atoms with E-state index in [1.807, 2.05) is 12.1 Å². The van der Waals surface area contributed by atoms with Crippen molar-refractivity contribution in [2.45, 2.75) is 37.8 Å². The van der Waals surface area contributed by atoms with Gasteiger partial charge < -0.3 is 14.0 Å². The fourth-order valence-corrected chi connectivity index (χ4v) is 3.80. The molecule has 1 aromatic heterocycles. The molecule has 0 radical (unpaired) electrons. The van der Waals surface area contributed by atoms with E-state index in [2.05, 4.69) is 34.8 Å². The molecule has 0 spiro atoms. The zero-order chi connectivity index (χ0) is 24.5. The van der Waals surface area contributed by atoms with Gasteiger partial charge >= 0.3 is 0 Å². The minimum absolute atomic E-state index is 0.323. The Bertz CT molecular complexity index is 1130. The number of nitrogens with one attached hydrogen (secondary N) is 2. The lowest BCUT2D eigenvalue weighted by Gasteiger charge is -2.14. The molecule has 0 atom stereocenters. The number of aromatic nitrogens is 2. The molecular formula is C24H28N4O5S. The van der Waals surface area contributed by atoms with Gasteiger partial charge in [-0.15, -0.1) is 11.8 Å². The number of hydrogen-bond donors (Lipinski definition) is 2. The Balaban J connectivity index is 1.60. The fraction of sp³-hybridized carbons (Fsp3) is 0.333. The van der Waals surface area contributed by atoms with E-state index in [1.54, 1.807) is 37.3 Å². The van der Waals surface area contributed by atoms with Crippen LogP contribution >= 0.6 is 11.8 Å². The van der Waals surface area contributed by atoms with E-state index in [4.69, 9.17) is 14.0 Å². The summed E-state index contributed by atoms with van der Waals surface area (Å²) in [5.41, 5.74) is 5.65. The number of aryl methyl sites for hydroxylation is 1. The number of hydrogen-bond acceptors (Lipinski definition) is 8. The van der Waals surface area contributed by atoms with Crippen LogP contribution in [0.15, 0.2) is 51.9 Å². The molecule has 0 fully saturated rings. The third-order valence-corrected chi connectivity index (χ3v) is 5.80. The number of thioether (sulfide) groups is 1. The molecule has 2 N–H and O–H groups in total. The number of carbonyl (C=O) groups excluding carboxylic acids is 2. The Labute approximate surface area is 202 Å². The van der Waals surface area contributed by atoms with Gasteiger partial charge in [0.2, 0.25) is 5.89 Å². The molecule has 0 aliphatic carbocycles. The second kappa shape index (κ2) is 12.1. The van der Waals surface area contributed by atoms with E-state index < -0.39 is 11.8 Å². The van der Waals surface area contributed by atoms with Crippen molar-refractivity contribution in [1.29, 1.82) is 0 Å². The van der Waals surface area contributed by atoms with Crippen molar-refractivity contribution in [2.24, 2.45) is 5.92 Å². The van der Waals surface area contributed by atoms with E-state index in [9.17, 15) is 9.59 Å². The highest BCUT2D eigenvalue weighted by Gasteiger charge is 2.16. The number of methoxy groups -OCH3 is 1. The fourth-order valence-electron chi connectivity index (χ4n) is 2.91. The van der Waals surface area contributed by atoms with E-state index in [1.165, 1.54) is 18.9 Å². The van der Waals surface area contributed by atoms with Crippen molar-refractivity contribution < 1.29 is 23.6 Å². The molecule has 0 bridgehead atoms. The monoisotopic (exact) mass is 484 g/mol. The van der Waals surface area contributed by atoms with Crippen molar-refractivity contribution in [3.05, 3.63) is 65.3 Å². The molecule has 0 aliphatic heterocycles. The van der Waals surface area contributed by atoms with E-state index in [-0.39, 0.29) is 0 Å². The maximum atomic E-state index is 12.7. The largest absolute Gasteiger partial charge is 0.493 e. The standard InChI is InChI=1S/C24H28N4O5S/c1-15(2)11-12-32-19-10-9-17(13-20(19)31-4)23(29)26-27-24(30)18-7-5-6-8-21(18)34-14-22-25-16(3)33-28-22/h5-10,13,15H,11-12,14H2,1-4H3,(H,26,29)(H,27,30). The Morgan fingerprint density at radius 3 is 2.56 bits per heavy atom. The van der Waals surface area contributed by atoms with Crippen molar-refractivity contribution in [3.8, 4) is 11.5 Å². The van der Waals surface area contributed by atoms with Crippen LogP contribution in [0.3, 0.4) is 0 Å². The topological polar surface area (TPSA) is 116 Å². The first-order chi connectivity index (χ1) is 16.4. The smallest absolute Gasteiger partial charge is 0.270 e. The highest BCUT2D eigenvalue weighted by Crippen LogP contribution is 2.28. The molecule has 34 heavy (non-hydrogen) atoms. The predicted octanol–water partition coefficient (Wildman–Crippen LogP) is 4.18. The van der Waals surface area contributed by atoms with Gasteiger partial charge in [-0.2, -0.15) is 4.98 Å². The zero-order valence-electron chi connectivity index (χ0n) is 19.6. The number of nitrogens with zero attached hydrogens (tertiary/aromatic N) is 2. The van der Waals surface area contributed by atoms with E-state index in [0.29, 0.717) is 52.6 Å². The van der Waals surface area contributed by atoms with Gasteiger partial charge in [-0.05, 0) is 42.7 Å². The summed E-state index contributed by atoms with van der Waals surface area (Å²) in [4.78, 5) is 30.2. The minimum Gasteiger partial charge on any atom is -0.493 e. The maximum absolute atomic E-state index is 12.7. The summed E-state index contributed by atoms with van der Waals surface area (Å²) >= 11 is 1.40. The molecule has 3 aromatic rings. The van der Waals surface area contributed by atoms with Gasteiger partial charge in [-0.3, -0.25) is 20.4 Å². The molecule has 180 valence electrons. The van der Waals surface area contributed by atoms with Crippen molar-refractivity contribution >= 4 is 23.6 Å². The lowest BCUT2D eigenvalue weighted by Crippen LogP contribution is -2.41. The summed E-state index contributed by atoms with van der Waals surface area (Å²) in [6.07, 6.45) is 0.909. The molecule has 3 rings (SSSR count). The molecule has 0 saturated carbocycles. The van der Waals surface area contributed by atoms with Gasteiger partial charge in [-0.1, -0.05) is 31.1 Å². The van der Waals surface area contributed by atoms with Gasteiger partial charge in [0.1, 0.15) is 0 Å². The van der Waals surface area contributed by atoms with Crippen LogP contribution in [0.1, 0.15) is 52.7 Å². The second-order valence-electron chi connectivity index (χ2n) is 7.82. The van der Waals surface area contributed by atoms with Crippen LogP contribution in [0.5, 0.6) is 11.5 Å². The lowest BCUT2D eigenvalue weighted by atomic mass is 10.1. The molecule has 0 unspecified atom stereocenters. The highest BCUT2D eigenvalue weighted by molar-refractivity contribution is 7.98. The number of amides is 2. The first-order valence-corrected chi connectivity index (χ1v) is 11.8. The SMILES string of the molecule is COc1cc(C(=O)NNC(=O)c2ccccc2SCc2noc(C)n2)ccc1OCCC(C)C. The third kappa shape index (κ3) is 6.98. The summed E-state index contributed by atoms with van der Waals surface area (Å²) in [5.74, 6) is 2.07. The highest BCUT2D eigenvalue weighted by atomic mass is 32.2. The molecule has 2 aromatic carbocycles. The van der Waals surface area contributed by atoms with Crippen LogP contribution in [-0.2, 0) is 5.75 Å². The normalized spacial score (nSPS) is 10.7. The van der Waals surface area contributed by atoms with Gasteiger partial charge in [0.25, 0.3) is 11.8 Å². The van der Waals surface area contributed by atoms with E-state index in [0.717, 1.165) is 11.3 Å². The van der Waals surface area contributed by atoms with Crippen molar-refractivity contribution in [1.82, 2.24) is 21.0 Å². The number of ether oxygens (including phenoxy) is 2. The second-order valence-corrected chi connectivity index (χ2v) is 8.84. The summed E-state index contributed by atoms with van der Waals surface area (Å²) in [5, 5.41) is 3.86. The van der Waals surface area contributed by atoms with Crippen LogP contribution < -0.4 is 20.3 Å². The van der Waals surface area contributed by atoms with Crippen LogP contribution in [-0.4, -0.2) is 35.7 Å². The quantitative estimate of drug-likeness (QED) is 0.325. The Kier molecular flexibility index (Phi) is 8.92. The molecule has 9 nitrogen and oxygen atoms in total. The average molecular weight is 485 g/mol. The number of carbonyl (C=O) groups is 2. The first kappa shape index (κ1) is 25.1. The summed E-state index contributed by atoms with van der Waals surface area (Å²) in [6, 6.07) is 11.9. The molecule has 10 heteroatoms. The van der Waals surface area contributed by atoms with Gasteiger partial charge in [0, 0.05) is 17.4 Å². The van der Waals surface area contributed by atoms with Gasteiger partial charge in [0.15, 0.2) is 17.3 Å². The Morgan fingerprint density at radius 2 is 1.85 bits per heavy atom. The molecule has 1 heterocycles. The minimum atomic E-state index is -0.479. The molecular weight excluding hydrogens is 456 g/mol. The first-order valence-electron chi connectivity index (χ1n) is 10.8. The van der Waals surface area contributed by atoms with Crippen LogP contribution in [0, 0.1) is 12.8 Å². The number of hydrazine groups is 1. The zero-order valence-corrected chi connectivity index (χ0v) is 20.4. The van der Waals surface area contributed by atoms with E-state index >= 15 is 0 Å². The Morgan fingerprint density at radius 1 is 1.09 bits per heavy atom.